The molecule has 1 aromatic carbocycles. The average molecular weight is 332 g/mol. The highest BCUT2D eigenvalue weighted by Crippen LogP contribution is 2.36. The van der Waals surface area contributed by atoms with Crippen LogP contribution in [0.25, 0.3) is 0 Å². The van der Waals surface area contributed by atoms with Gasteiger partial charge in [0.15, 0.2) is 0 Å². The van der Waals surface area contributed by atoms with E-state index in [1.54, 1.807) is 32.9 Å². The number of nitrogens with zero attached hydrogens (tertiary/aromatic N) is 2. The highest BCUT2D eigenvalue weighted by molar-refractivity contribution is 5.92. The van der Waals surface area contributed by atoms with Crippen molar-refractivity contribution in [2.24, 2.45) is 0 Å². The van der Waals surface area contributed by atoms with Crippen molar-refractivity contribution in [3.63, 3.8) is 0 Å². The number of halogens is 1. The minimum atomic E-state index is -0.992. The number of likely N-dealkylation sites (tertiary alicyclic amines) is 1. The summed E-state index contributed by atoms with van der Waals surface area (Å²) in [6.07, 6.45) is -0.188. The fraction of sp³-hybridized carbons (Fsp3) is 0.500. The summed E-state index contributed by atoms with van der Waals surface area (Å²) in [6, 6.07) is 8.08. The number of imide groups is 1. The van der Waals surface area contributed by atoms with Crippen LogP contribution in [0.1, 0.15) is 45.6 Å². The lowest BCUT2D eigenvalue weighted by atomic mass is 9.76. The van der Waals surface area contributed by atoms with Crippen LogP contribution < -0.4 is 0 Å². The van der Waals surface area contributed by atoms with E-state index in [9.17, 15) is 19.2 Å². The minimum absolute atomic E-state index is 0.0311. The molecule has 1 aliphatic heterocycles. The standard InChI is InChI=1S/C18H21FN2O3/c1-17(2,3)24-16(23)21-10-9-18(12-20,8-7-15(21)22)13-5-4-6-14(19)11-13/h4-6,11H,7-10H2,1-3H3. The number of ether oxygens (including phenoxy) is 1. The van der Waals surface area contributed by atoms with Gasteiger partial charge in [-0.1, -0.05) is 12.1 Å². The summed E-state index contributed by atoms with van der Waals surface area (Å²) < 4.78 is 18.8. The van der Waals surface area contributed by atoms with E-state index in [1.165, 1.54) is 12.1 Å². The molecule has 0 aliphatic carbocycles. The molecule has 6 heteroatoms. The van der Waals surface area contributed by atoms with Gasteiger partial charge in [-0.25, -0.2) is 14.1 Å². The van der Waals surface area contributed by atoms with E-state index in [4.69, 9.17) is 4.74 Å². The van der Waals surface area contributed by atoms with Crippen LogP contribution in [0.2, 0.25) is 0 Å². The Balaban J connectivity index is 2.25. The number of hydrogen-bond donors (Lipinski definition) is 0. The lowest BCUT2D eigenvalue weighted by Crippen LogP contribution is -2.40. The molecule has 2 amide bonds. The maximum Gasteiger partial charge on any atom is 0.417 e. The maximum absolute atomic E-state index is 13.5. The number of rotatable bonds is 1. The van der Waals surface area contributed by atoms with Crippen LogP contribution in [0, 0.1) is 17.1 Å². The zero-order valence-electron chi connectivity index (χ0n) is 14.1. The molecule has 1 atom stereocenters. The van der Waals surface area contributed by atoms with E-state index in [-0.39, 0.29) is 31.7 Å². The molecule has 1 unspecified atom stereocenters. The van der Waals surface area contributed by atoms with Crippen molar-refractivity contribution in [1.29, 1.82) is 5.26 Å². The van der Waals surface area contributed by atoms with Gasteiger partial charge in [-0.2, -0.15) is 5.26 Å². The van der Waals surface area contributed by atoms with Gasteiger partial charge in [-0.05, 0) is 51.3 Å². The van der Waals surface area contributed by atoms with Crippen molar-refractivity contribution in [1.82, 2.24) is 4.90 Å². The average Bonchev–Trinajstić information content (AvgIpc) is 2.65. The second-order valence-corrected chi connectivity index (χ2v) is 6.98. The molecule has 1 fully saturated rings. The number of benzene rings is 1. The van der Waals surface area contributed by atoms with Crippen LogP contribution in [0.3, 0.4) is 0 Å². The molecule has 1 heterocycles. The van der Waals surface area contributed by atoms with E-state index < -0.39 is 22.9 Å². The number of hydrogen-bond acceptors (Lipinski definition) is 4. The highest BCUT2D eigenvalue weighted by atomic mass is 19.1. The van der Waals surface area contributed by atoms with Gasteiger partial charge < -0.3 is 4.74 Å². The molecule has 0 N–H and O–H groups in total. The molecular formula is C18H21FN2O3. The highest BCUT2D eigenvalue weighted by Gasteiger charge is 2.39. The number of amides is 2. The Morgan fingerprint density at radius 2 is 2.08 bits per heavy atom. The lowest BCUT2D eigenvalue weighted by molar-refractivity contribution is -0.129. The summed E-state index contributed by atoms with van der Waals surface area (Å²) in [5.74, 6) is -0.806. The summed E-state index contributed by atoms with van der Waals surface area (Å²) in [5.41, 5.74) is -1.17. The summed E-state index contributed by atoms with van der Waals surface area (Å²) >= 11 is 0. The van der Waals surface area contributed by atoms with Crippen LogP contribution >= 0.6 is 0 Å². The second-order valence-electron chi connectivity index (χ2n) is 6.98. The van der Waals surface area contributed by atoms with Crippen LogP contribution in [0.4, 0.5) is 9.18 Å². The predicted molar refractivity (Wildman–Crippen MR) is 85.5 cm³/mol. The third-order valence-corrected chi connectivity index (χ3v) is 4.03. The third kappa shape index (κ3) is 3.91. The molecule has 0 spiro atoms. The first-order valence-corrected chi connectivity index (χ1v) is 7.87. The predicted octanol–water partition coefficient (Wildman–Crippen LogP) is 3.53. The summed E-state index contributed by atoms with van der Waals surface area (Å²) in [4.78, 5) is 25.5. The minimum Gasteiger partial charge on any atom is -0.443 e. The summed E-state index contributed by atoms with van der Waals surface area (Å²) in [7, 11) is 0. The normalized spacial score (nSPS) is 21.8. The second kappa shape index (κ2) is 6.60. The molecule has 5 nitrogen and oxygen atoms in total. The van der Waals surface area contributed by atoms with Crippen molar-refractivity contribution in [3.8, 4) is 6.07 Å². The Kier molecular flexibility index (Phi) is 4.93. The van der Waals surface area contributed by atoms with Crippen LogP contribution in [0.15, 0.2) is 24.3 Å². The Hall–Kier alpha value is -2.42. The van der Waals surface area contributed by atoms with Crippen LogP contribution in [-0.4, -0.2) is 29.0 Å². The molecule has 128 valence electrons. The van der Waals surface area contributed by atoms with Crippen molar-refractivity contribution < 1.29 is 18.7 Å². The molecule has 1 saturated heterocycles. The van der Waals surface area contributed by atoms with E-state index in [2.05, 4.69) is 6.07 Å². The summed E-state index contributed by atoms with van der Waals surface area (Å²) in [6.45, 7) is 5.23. The number of carbonyl (C=O) groups excluding carboxylic acids is 2. The number of nitriles is 1. The van der Waals surface area contributed by atoms with Crippen LogP contribution in [0.5, 0.6) is 0 Å². The van der Waals surface area contributed by atoms with E-state index in [0.717, 1.165) is 4.90 Å². The summed E-state index contributed by atoms with van der Waals surface area (Å²) in [5, 5.41) is 9.69. The molecular weight excluding hydrogens is 311 g/mol. The SMILES string of the molecule is CC(C)(C)OC(=O)N1CCC(C#N)(c2cccc(F)c2)CCC1=O. The molecule has 1 aliphatic rings. The molecule has 2 rings (SSSR count). The van der Waals surface area contributed by atoms with Crippen molar-refractivity contribution in [3.05, 3.63) is 35.6 Å². The first kappa shape index (κ1) is 17.9. The van der Waals surface area contributed by atoms with E-state index >= 15 is 0 Å². The van der Waals surface area contributed by atoms with Gasteiger partial charge in [-0.3, -0.25) is 4.79 Å². The molecule has 24 heavy (non-hydrogen) atoms. The molecule has 0 radical (unpaired) electrons. The molecule has 0 aromatic heterocycles. The van der Waals surface area contributed by atoms with Gasteiger partial charge in [-0.15, -0.1) is 0 Å². The molecule has 0 bridgehead atoms. The zero-order valence-corrected chi connectivity index (χ0v) is 14.1. The van der Waals surface area contributed by atoms with Gasteiger partial charge in [0.2, 0.25) is 5.91 Å². The van der Waals surface area contributed by atoms with E-state index in [1.807, 2.05) is 0 Å². The third-order valence-electron chi connectivity index (χ3n) is 4.03. The van der Waals surface area contributed by atoms with Crippen LogP contribution in [-0.2, 0) is 14.9 Å². The van der Waals surface area contributed by atoms with E-state index in [0.29, 0.717) is 5.56 Å². The lowest BCUT2D eigenvalue weighted by Gasteiger charge is -2.27. The zero-order chi connectivity index (χ0) is 18.0. The largest absolute Gasteiger partial charge is 0.443 e. The van der Waals surface area contributed by atoms with Gasteiger partial charge in [0.05, 0.1) is 11.5 Å². The van der Waals surface area contributed by atoms with Crippen molar-refractivity contribution in [2.45, 2.75) is 51.0 Å². The quantitative estimate of drug-likeness (QED) is 0.789. The molecule has 1 aromatic rings. The maximum atomic E-state index is 13.5. The monoisotopic (exact) mass is 332 g/mol. The number of carbonyl (C=O) groups is 2. The first-order valence-electron chi connectivity index (χ1n) is 7.87. The Labute approximate surface area is 141 Å². The van der Waals surface area contributed by atoms with Gasteiger partial charge >= 0.3 is 6.09 Å². The molecule has 0 saturated carbocycles. The Morgan fingerprint density at radius 1 is 1.38 bits per heavy atom. The van der Waals surface area contributed by atoms with Crippen molar-refractivity contribution >= 4 is 12.0 Å². The van der Waals surface area contributed by atoms with Gasteiger partial charge in [0.25, 0.3) is 0 Å². The Morgan fingerprint density at radius 3 is 2.67 bits per heavy atom. The smallest absolute Gasteiger partial charge is 0.417 e. The topological polar surface area (TPSA) is 70.4 Å². The van der Waals surface area contributed by atoms with Gasteiger partial charge in [0, 0.05) is 13.0 Å². The Bertz CT molecular complexity index is 690. The van der Waals surface area contributed by atoms with Crippen molar-refractivity contribution in [2.75, 3.05) is 6.54 Å². The fourth-order valence-corrected chi connectivity index (χ4v) is 2.77. The fourth-order valence-electron chi connectivity index (χ4n) is 2.77. The van der Waals surface area contributed by atoms with Gasteiger partial charge in [0.1, 0.15) is 11.4 Å². The first-order chi connectivity index (χ1) is 11.2.